The quantitative estimate of drug-likeness (QED) is 0.797. The van der Waals surface area contributed by atoms with Crippen LogP contribution in [0.15, 0.2) is 36.4 Å². The predicted octanol–water partition coefficient (Wildman–Crippen LogP) is 5.08. The van der Waals surface area contributed by atoms with E-state index in [0.717, 1.165) is 13.1 Å². The molecule has 0 aliphatic heterocycles. The lowest BCUT2D eigenvalue weighted by Gasteiger charge is -2.21. The molecule has 0 spiro atoms. The van der Waals surface area contributed by atoms with Gasteiger partial charge in [0, 0.05) is 34.2 Å². The molecule has 2 nitrogen and oxygen atoms in total. The smallest absolute Gasteiger partial charge is 0.0578 e. The van der Waals surface area contributed by atoms with Gasteiger partial charge in [-0.05, 0) is 64.1 Å². The fraction of sp³-hybridized carbons (Fsp3) is 0.412. The number of nitrogens with zero attached hydrogens (tertiary/aromatic N) is 1. The molecule has 0 bridgehead atoms. The summed E-state index contributed by atoms with van der Waals surface area (Å²) in [5.74, 6) is 0. The molecule has 0 aliphatic carbocycles. The van der Waals surface area contributed by atoms with E-state index in [4.69, 9.17) is 0 Å². The van der Waals surface area contributed by atoms with Gasteiger partial charge in [0.15, 0.2) is 0 Å². The van der Waals surface area contributed by atoms with Crippen molar-refractivity contribution in [1.29, 1.82) is 0 Å². The molecule has 0 amide bonds. The van der Waals surface area contributed by atoms with Crippen molar-refractivity contribution in [3.63, 3.8) is 0 Å². The molecule has 2 rings (SSSR count). The topological polar surface area (TPSA) is 15.3 Å². The lowest BCUT2D eigenvalue weighted by atomic mass is 10.2. The predicted molar refractivity (Wildman–Crippen MR) is 91.1 cm³/mol. The highest BCUT2D eigenvalue weighted by atomic mass is 32.1. The second-order valence-corrected chi connectivity index (χ2v) is 6.35. The third-order valence-corrected chi connectivity index (χ3v) is 4.75. The number of aryl methyl sites for hydroxylation is 1. The van der Waals surface area contributed by atoms with Gasteiger partial charge in [0.1, 0.15) is 0 Å². The number of hydrogen-bond donors (Lipinski definition) is 1. The first kappa shape index (κ1) is 14.9. The van der Waals surface area contributed by atoms with Gasteiger partial charge in [-0.25, -0.2) is 0 Å². The van der Waals surface area contributed by atoms with E-state index in [0.29, 0.717) is 6.04 Å². The second kappa shape index (κ2) is 6.80. The summed E-state index contributed by atoms with van der Waals surface area (Å²) in [4.78, 5) is 5.11. The first-order chi connectivity index (χ1) is 9.63. The molecule has 20 heavy (non-hydrogen) atoms. The fourth-order valence-corrected chi connectivity index (χ4v) is 3.24. The maximum atomic E-state index is 3.57. The molecule has 1 unspecified atom stereocenters. The Labute approximate surface area is 126 Å². The van der Waals surface area contributed by atoms with Crippen LogP contribution in [0.1, 0.15) is 36.6 Å². The van der Waals surface area contributed by atoms with Crippen LogP contribution in [0, 0.1) is 6.92 Å². The molecule has 0 fully saturated rings. The van der Waals surface area contributed by atoms with Gasteiger partial charge < -0.3 is 10.2 Å². The number of nitrogens with one attached hydrogen (secondary N) is 1. The summed E-state index contributed by atoms with van der Waals surface area (Å²) in [6, 6.07) is 13.5. The Kier molecular flexibility index (Phi) is 5.07. The summed E-state index contributed by atoms with van der Waals surface area (Å²) in [5.41, 5.74) is 2.47. The molecule has 1 aromatic carbocycles. The summed E-state index contributed by atoms with van der Waals surface area (Å²) < 4.78 is 0. The van der Waals surface area contributed by atoms with E-state index < -0.39 is 0 Å². The lowest BCUT2D eigenvalue weighted by Crippen LogP contribution is -2.21. The Bertz CT molecular complexity index is 526. The van der Waals surface area contributed by atoms with Gasteiger partial charge >= 0.3 is 0 Å². The van der Waals surface area contributed by atoms with Gasteiger partial charge in [-0.1, -0.05) is 0 Å². The first-order valence-electron chi connectivity index (χ1n) is 7.32. The molecule has 1 atom stereocenters. The Morgan fingerprint density at radius 2 is 1.70 bits per heavy atom. The number of thiophene rings is 1. The number of hydrogen-bond acceptors (Lipinski definition) is 3. The zero-order chi connectivity index (χ0) is 14.5. The van der Waals surface area contributed by atoms with E-state index in [1.807, 2.05) is 11.3 Å². The SMILES string of the molecule is CCN(CC)c1ccc(NC(C)c2ccc(C)s2)cc1. The summed E-state index contributed by atoms with van der Waals surface area (Å²) in [6.07, 6.45) is 0. The van der Waals surface area contributed by atoms with Crippen molar-refractivity contribution in [1.82, 2.24) is 0 Å². The largest absolute Gasteiger partial charge is 0.378 e. The molecule has 0 radical (unpaired) electrons. The van der Waals surface area contributed by atoms with Gasteiger partial charge in [0.2, 0.25) is 0 Å². The van der Waals surface area contributed by atoms with Gasteiger partial charge in [0.25, 0.3) is 0 Å². The highest BCUT2D eigenvalue weighted by molar-refractivity contribution is 7.12. The lowest BCUT2D eigenvalue weighted by molar-refractivity contribution is 0.865. The summed E-state index contributed by atoms with van der Waals surface area (Å²) >= 11 is 1.86. The molecular formula is C17H24N2S. The Morgan fingerprint density at radius 3 is 2.20 bits per heavy atom. The van der Waals surface area contributed by atoms with Crippen molar-refractivity contribution >= 4 is 22.7 Å². The summed E-state index contributed by atoms with van der Waals surface area (Å²) in [7, 11) is 0. The van der Waals surface area contributed by atoms with E-state index >= 15 is 0 Å². The molecule has 1 aromatic heterocycles. The second-order valence-electron chi connectivity index (χ2n) is 5.03. The van der Waals surface area contributed by atoms with Crippen molar-refractivity contribution in [2.75, 3.05) is 23.3 Å². The van der Waals surface area contributed by atoms with Crippen molar-refractivity contribution in [2.45, 2.75) is 33.7 Å². The average molecular weight is 288 g/mol. The fourth-order valence-electron chi connectivity index (χ4n) is 2.36. The van der Waals surface area contributed by atoms with Crippen LogP contribution in [0.25, 0.3) is 0 Å². The van der Waals surface area contributed by atoms with Crippen LogP contribution in [0.5, 0.6) is 0 Å². The minimum Gasteiger partial charge on any atom is -0.378 e. The van der Waals surface area contributed by atoms with E-state index in [-0.39, 0.29) is 0 Å². The van der Waals surface area contributed by atoms with Gasteiger partial charge in [-0.15, -0.1) is 11.3 Å². The highest BCUT2D eigenvalue weighted by Gasteiger charge is 2.08. The Balaban J connectivity index is 2.03. The van der Waals surface area contributed by atoms with E-state index in [1.165, 1.54) is 21.1 Å². The monoisotopic (exact) mass is 288 g/mol. The summed E-state index contributed by atoms with van der Waals surface area (Å²) in [6.45, 7) is 10.8. The standard InChI is InChI=1S/C17H24N2S/c1-5-19(6-2)16-10-8-15(9-11-16)18-14(4)17-12-7-13(3)20-17/h7-12,14,18H,5-6H2,1-4H3. The average Bonchev–Trinajstić information content (AvgIpc) is 2.89. The van der Waals surface area contributed by atoms with Crippen LogP contribution in [0.4, 0.5) is 11.4 Å². The van der Waals surface area contributed by atoms with Crippen LogP contribution in [0.2, 0.25) is 0 Å². The minimum absolute atomic E-state index is 0.355. The third kappa shape index (κ3) is 3.54. The van der Waals surface area contributed by atoms with Crippen LogP contribution >= 0.6 is 11.3 Å². The molecule has 0 saturated heterocycles. The minimum atomic E-state index is 0.355. The van der Waals surface area contributed by atoms with Crippen LogP contribution < -0.4 is 10.2 Å². The molecule has 1 N–H and O–H groups in total. The van der Waals surface area contributed by atoms with E-state index in [1.54, 1.807) is 0 Å². The maximum Gasteiger partial charge on any atom is 0.0578 e. The zero-order valence-corrected chi connectivity index (χ0v) is 13.6. The van der Waals surface area contributed by atoms with Gasteiger partial charge in [-0.2, -0.15) is 0 Å². The van der Waals surface area contributed by atoms with Crippen molar-refractivity contribution < 1.29 is 0 Å². The first-order valence-corrected chi connectivity index (χ1v) is 8.13. The van der Waals surface area contributed by atoms with E-state index in [2.05, 4.69) is 74.3 Å². The van der Waals surface area contributed by atoms with E-state index in [9.17, 15) is 0 Å². The molecule has 3 heteroatoms. The maximum absolute atomic E-state index is 3.57. The Hall–Kier alpha value is -1.48. The number of rotatable bonds is 6. The van der Waals surface area contributed by atoms with Crippen LogP contribution in [-0.4, -0.2) is 13.1 Å². The molecule has 108 valence electrons. The highest BCUT2D eigenvalue weighted by Crippen LogP contribution is 2.26. The van der Waals surface area contributed by atoms with Gasteiger partial charge in [-0.3, -0.25) is 0 Å². The van der Waals surface area contributed by atoms with Gasteiger partial charge in [0.05, 0.1) is 6.04 Å². The van der Waals surface area contributed by atoms with Crippen molar-refractivity contribution in [3.8, 4) is 0 Å². The van der Waals surface area contributed by atoms with Crippen molar-refractivity contribution in [3.05, 3.63) is 46.2 Å². The Morgan fingerprint density at radius 1 is 1.05 bits per heavy atom. The summed E-state index contributed by atoms with van der Waals surface area (Å²) in [5, 5.41) is 3.57. The van der Waals surface area contributed by atoms with Crippen LogP contribution in [0.3, 0.4) is 0 Å². The molecule has 0 aliphatic rings. The van der Waals surface area contributed by atoms with Crippen molar-refractivity contribution in [2.24, 2.45) is 0 Å². The third-order valence-electron chi connectivity index (χ3n) is 3.57. The number of benzene rings is 1. The molecule has 1 heterocycles. The normalized spacial score (nSPS) is 12.2. The van der Waals surface area contributed by atoms with Crippen LogP contribution in [-0.2, 0) is 0 Å². The number of anilines is 2. The molecule has 0 saturated carbocycles. The molecular weight excluding hydrogens is 264 g/mol. The molecule has 2 aromatic rings. The zero-order valence-electron chi connectivity index (χ0n) is 12.8.